The number of ether oxygens (including phenoxy) is 1. The molecule has 0 spiro atoms. The molecule has 0 saturated heterocycles. The second kappa shape index (κ2) is 7.08. The lowest BCUT2D eigenvalue weighted by Crippen LogP contribution is -2.42. The van der Waals surface area contributed by atoms with Gasteiger partial charge in [0.15, 0.2) is 6.10 Å². The van der Waals surface area contributed by atoms with E-state index < -0.39 is 24.0 Å². The molecular weight excluding hydrogens is 310 g/mol. The molecule has 7 nitrogen and oxygen atoms in total. The summed E-state index contributed by atoms with van der Waals surface area (Å²) in [7, 11) is 0. The first-order chi connectivity index (χ1) is 11.3. The molecule has 7 heteroatoms. The molecule has 1 aromatic carbocycles. The number of carbonyl (C=O) groups excluding carboxylic acids is 3. The maximum Gasteiger partial charge on any atom is 0.339 e. The van der Waals surface area contributed by atoms with Crippen LogP contribution >= 0.6 is 0 Å². The molecular formula is C17H19N3O4. The van der Waals surface area contributed by atoms with Crippen molar-refractivity contribution in [2.45, 2.75) is 33.3 Å². The van der Waals surface area contributed by atoms with Gasteiger partial charge in [0.05, 0.1) is 11.1 Å². The number of hydrogen-bond acceptors (Lipinski definition) is 5. The van der Waals surface area contributed by atoms with E-state index in [9.17, 15) is 14.4 Å². The number of nitrogens with one attached hydrogen (secondary N) is 1. The highest BCUT2D eigenvalue weighted by atomic mass is 16.5. The van der Waals surface area contributed by atoms with Gasteiger partial charge in [-0.15, -0.1) is 0 Å². The van der Waals surface area contributed by atoms with Crippen molar-refractivity contribution in [3.63, 3.8) is 0 Å². The van der Waals surface area contributed by atoms with Crippen LogP contribution in [0.25, 0.3) is 10.9 Å². The van der Waals surface area contributed by atoms with Crippen molar-refractivity contribution in [2.24, 2.45) is 5.73 Å². The molecule has 0 radical (unpaired) electrons. The third kappa shape index (κ3) is 3.51. The van der Waals surface area contributed by atoms with Gasteiger partial charge in [-0.1, -0.05) is 25.1 Å². The maximum atomic E-state index is 12.6. The van der Waals surface area contributed by atoms with Crippen molar-refractivity contribution in [2.75, 3.05) is 0 Å². The van der Waals surface area contributed by atoms with Gasteiger partial charge < -0.3 is 10.5 Å². The zero-order chi connectivity index (χ0) is 17.9. The Labute approximate surface area is 139 Å². The zero-order valence-corrected chi connectivity index (χ0v) is 13.8. The van der Waals surface area contributed by atoms with Gasteiger partial charge in [-0.3, -0.25) is 15.1 Å². The van der Waals surface area contributed by atoms with E-state index >= 15 is 0 Å². The minimum absolute atomic E-state index is 0.371. The van der Waals surface area contributed by atoms with Crippen molar-refractivity contribution < 1.29 is 19.1 Å². The fourth-order valence-corrected chi connectivity index (χ4v) is 2.46. The number of amides is 3. The fourth-order valence-electron chi connectivity index (χ4n) is 2.46. The van der Waals surface area contributed by atoms with Crippen LogP contribution in [0.1, 0.15) is 35.5 Å². The van der Waals surface area contributed by atoms with E-state index in [1.54, 1.807) is 19.1 Å². The van der Waals surface area contributed by atoms with E-state index in [4.69, 9.17) is 10.5 Å². The highest BCUT2D eigenvalue weighted by molar-refractivity contribution is 6.06. The number of nitrogens with two attached hydrogens (primary N) is 1. The number of fused-ring (bicyclic) bond motifs is 1. The van der Waals surface area contributed by atoms with Crippen molar-refractivity contribution in [3.8, 4) is 0 Å². The molecule has 0 aliphatic carbocycles. The van der Waals surface area contributed by atoms with Crippen LogP contribution in [0.2, 0.25) is 0 Å². The number of aryl methyl sites for hydroxylation is 1. The minimum atomic E-state index is -1.15. The van der Waals surface area contributed by atoms with E-state index in [0.29, 0.717) is 28.5 Å². The topological polar surface area (TPSA) is 111 Å². The van der Waals surface area contributed by atoms with Gasteiger partial charge in [0, 0.05) is 11.1 Å². The zero-order valence-electron chi connectivity index (χ0n) is 13.8. The molecule has 2 rings (SSSR count). The summed E-state index contributed by atoms with van der Waals surface area (Å²) in [5.74, 6) is -1.42. The summed E-state index contributed by atoms with van der Waals surface area (Å²) in [6, 6.07) is 6.23. The highest BCUT2D eigenvalue weighted by Crippen LogP contribution is 2.24. The average molecular weight is 329 g/mol. The summed E-state index contributed by atoms with van der Waals surface area (Å²) in [5, 5.41) is 2.54. The summed E-state index contributed by atoms with van der Waals surface area (Å²) >= 11 is 0. The predicted octanol–water partition coefficient (Wildman–Crippen LogP) is 1.85. The Morgan fingerprint density at radius 2 is 1.96 bits per heavy atom. The number of carbonyl (C=O) groups is 3. The first-order valence-corrected chi connectivity index (χ1v) is 7.54. The van der Waals surface area contributed by atoms with Gasteiger partial charge in [0.25, 0.3) is 5.91 Å². The molecule has 1 heterocycles. The number of hydrogen-bond donors (Lipinski definition) is 2. The molecule has 24 heavy (non-hydrogen) atoms. The number of benzene rings is 1. The molecule has 0 saturated carbocycles. The Bertz CT molecular complexity index is 817. The second-order valence-corrected chi connectivity index (χ2v) is 5.33. The maximum absolute atomic E-state index is 12.6. The number of imide groups is 1. The molecule has 3 amide bonds. The smallest absolute Gasteiger partial charge is 0.339 e. The Hall–Kier alpha value is -2.96. The van der Waals surface area contributed by atoms with Gasteiger partial charge in [0.2, 0.25) is 0 Å². The fraction of sp³-hybridized carbons (Fsp3) is 0.294. The number of aromatic nitrogens is 1. The van der Waals surface area contributed by atoms with Gasteiger partial charge in [0.1, 0.15) is 0 Å². The van der Waals surface area contributed by atoms with Crippen LogP contribution in [0.5, 0.6) is 0 Å². The van der Waals surface area contributed by atoms with Crippen molar-refractivity contribution in [1.82, 2.24) is 10.3 Å². The summed E-state index contributed by atoms with van der Waals surface area (Å²) < 4.78 is 5.20. The molecule has 2 aromatic rings. The number of pyridine rings is 1. The Kier molecular flexibility index (Phi) is 5.13. The summed E-state index contributed by atoms with van der Waals surface area (Å²) in [5.41, 5.74) is 7.44. The molecule has 126 valence electrons. The van der Waals surface area contributed by atoms with E-state index in [-0.39, 0.29) is 0 Å². The molecule has 0 aliphatic rings. The monoisotopic (exact) mass is 329 g/mol. The standard InChI is InChI=1S/C17H19N3O4/c1-4-12-9(2)14(11-7-5-6-8-13(11)19-12)16(22)24-10(3)15(21)20-17(18)23/h5-8,10H,4H2,1-3H3,(H3,18,20,21,23)/t10-/m1/s1. The summed E-state index contributed by atoms with van der Waals surface area (Å²) in [6.45, 7) is 5.11. The van der Waals surface area contributed by atoms with Crippen LogP contribution in [0.3, 0.4) is 0 Å². The lowest BCUT2D eigenvalue weighted by molar-refractivity contribution is -0.127. The Balaban J connectivity index is 2.40. The third-order valence-corrected chi connectivity index (χ3v) is 3.68. The third-order valence-electron chi connectivity index (χ3n) is 3.68. The van der Waals surface area contributed by atoms with Gasteiger partial charge >= 0.3 is 12.0 Å². The highest BCUT2D eigenvalue weighted by Gasteiger charge is 2.24. The predicted molar refractivity (Wildman–Crippen MR) is 88.5 cm³/mol. The number of esters is 1. The molecule has 1 atom stereocenters. The van der Waals surface area contributed by atoms with E-state index in [1.165, 1.54) is 6.92 Å². The lowest BCUT2D eigenvalue weighted by Gasteiger charge is -2.16. The molecule has 3 N–H and O–H groups in total. The van der Waals surface area contributed by atoms with Crippen LogP contribution in [-0.4, -0.2) is 29.0 Å². The number of nitrogens with zero attached hydrogens (tertiary/aromatic N) is 1. The Morgan fingerprint density at radius 3 is 2.58 bits per heavy atom. The molecule has 0 aliphatic heterocycles. The second-order valence-electron chi connectivity index (χ2n) is 5.33. The molecule has 0 fully saturated rings. The summed E-state index contributed by atoms with van der Waals surface area (Å²) in [4.78, 5) is 39.6. The van der Waals surface area contributed by atoms with E-state index in [2.05, 4.69) is 4.98 Å². The normalized spacial score (nSPS) is 11.8. The van der Waals surface area contributed by atoms with E-state index in [0.717, 1.165) is 5.69 Å². The van der Waals surface area contributed by atoms with Gasteiger partial charge in [-0.2, -0.15) is 0 Å². The number of rotatable bonds is 4. The number of para-hydroxylation sites is 1. The molecule has 0 bridgehead atoms. The average Bonchev–Trinajstić information content (AvgIpc) is 2.53. The van der Waals surface area contributed by atoms with E-state index in [1.807, 2.05) is 24.4 Å². The molecule has 1 aromatic heterocycles. The largest absolute Gasteiger partial charge is 0.449 e. The van der Waals surface area contributed by atoms with Crippen molar-refractivity contribution >= 4 is 28.8 Å². The van der Waals surface area contributed by atoms with Crippen LogP contribution in [-0.2, 0) is 16.0 Å². The summed E-state index contributed by atoms with van der Waals surface area (Å²) in [6.07, 6.45) is -0.490. The number of urea groups is 1. The van der Waals surface area contributed by atoms with Gasteiger partial charge in [-0.25, -0.2) is 9.59 Å². The number of primary amides is 1. The van der Waals surface area contributed by atoms with Crippen LogP contribution < -0.4 is 11.1 Å². The quantitative estimate of drug-likeness (QED) is 0.831. The Morgan fingerprint density at radius 1 is 1.29 bits per heavy atom. The first-order valence-electron chi connectivity index (χ1n) is 7.54. The minimum Gasteiger partial charge on any atom is -0.449 e. The molecule has 0 unspecified atom stereocenters. The van der Waals surface area contributed by atoms with Crippen molar-refractivity contribution in [3.05, 3.63) is 41.1 Å². The van der Waals surface area contributed by atoms with Crippen LogP contribution in [0.4, 0.5) is 4.79 Å². The lowest BCUT2D eigenvalue weighted by atomic mass is 10.0. The first kappa shape index (κ1) is 17.4. The van der Waals surface area contributed by atoms with Crippen LogP contribution in [0, 0.1) is 6.92 Å². The van der Waals surface area contributed by atoms with Crippen molar-refractivity contribution in [1.29, 1.82) is 0 Å². The van der Waals surface area contributed by atoms with Gasteiger partial charge in [-0.05, 0) is 31.9 Å². The SMILES string of the molecule is CCc1nc2ccccc2c(C(=O)O[C@H](C)C(=O)NC(N)=O)c1C. The van der Waals surface area contributed by atoms with Crippen LogP contribution in [0.15, 0.2) is 24.3 Å².